The SMILES string of the molecule is O=S(=O)(c1cnn([C@@H]2CCOC2)c1)N1CCN(Cc2ccccn2)CC1. The zero-order chi connectivity index (χ0) is 18.0. The highest BCUT2D eigenvalue weighted by molar-refractivity contribution is 7.89. The molecule has 2 aromatic rings. The number of hydrogen-bond acceptors (Lipinski definition) is 6. The Kier molecular flexibility index (Phi) is 5.03. The molecule has 0 unspecified atom stereocenters. The number of aromatic nitrogens is 3. The van der Waals surface area contributed by atoms with Crippen molar-refractivity contribution in [2.45, 2.75) is 23.9 Å². The van der Waals surface area contributed by atoms with Crippen LogP contribution >= 0.6 is 0 Å². The van der Waals surface area contributed by atoms with Crippen LogP contribution in [0.1, 0.15) is 18.2 Å². The van der Waals surface area contributed by atoms with Crippen molar-refractivity contribution in [3.05, 3.63) is 42.5 Å². The molecule has 0 N–H and O–H groups in total. The summed E-state index contributed by atoms with van der Waals surface area (Å²) in [6.07, 6.45) is 5.74. The summed E-state index contributed by atoms with van der Waals surface area (Å²) in [5.41, 5.74) is 1.00. The minimum absolute atomic E-state index is 0.133. The van der Waals surface area contributed by atoms with Crippen LogP contribution in [0.15, 0.2) is 41.7 Å². The van der Waals surface area contributed by atoms with Gasteiger partial charge in [-0.15, -0.1) is 0 Å². The first-order valence-corrected chi connectivity index (χ1v) is 10.3. The van der Waals surface area contributed by atoms with E-state index in [1.165, 1.54) is 6.20 Å². The summed E-state index contributed by atoms with van der Waals surface area (Å²) >= 11 is 0. The lowest BCUT2D eigenvalue weighted by Crippen LogP contribution is -2.48. The molecular formula is C17H23N5O3S. The third-order valence-corrected chi connectivity index (χ3v) is 6.79. The molecule has 0 aliphatic carbocycles. The standard InChI is InChI=1S/C17H23N5O3S/c23-26(24,17-11-19-22(13-17)16-4-10-25-14-16)21-8-6-20(7-9-21)12-15-3-1-2-5-18-15/h1-3,5,11,13,16H,4,6-10,12,14H2/t16-/m1/s1. The number of nitrogens with zero attached hydrogens (tertiary/aromatic N) is 5. The van der Waals surface area contributed by atoms with Crippen molar-refractivity contribution < 1.29 is 13.2 Å². The summed E-state index contributed by atoms with van der Waals surface area (Å²) in [7, 11) is -3.50. The number of pyridine rings is 1. The summed E-state index contributed by atoms with van der Waals surface area (Å²) in [6.45, 7) is 4.38. The van der Waals surface area contributed by atoms with E-state index in [2.05, 4.69) is 15.0 Å². The molecular weight excluding hydrogens is 354 g/mol. The molecule has 0 saturated carbocycles. The molecule has 2 aromatic heterocycles. The van der Waals surface area contributed by atoms with E-state index in [1.54, 1.807) is 21.4 Å². The monoisotopic (exact) mass is 377 g/mol. The van der Waals surface area contributed by atoms with Gasteiger partial charge in [0.05, 0.1) is 24.5 Å². The predicted octanol–water partition coefficient (Wildman–Crippen LogP) is 0.746. The summed E-state index contributed by atoms with van der Waals surface area (Å²) in [5, 5.41) is 4.24. The van der Waals surface area contributed by atoms with Gasteiger partial charge in [0, 0.05) is 51.7 Å². The normalized spacial score (nSPS) is 22.7. The molecule has 0 bridgehead atoms. The lowest BCUT2D eigenvalue weighted by molar-refractivity contribution is 0.180. The van der Waals surface area contributed by atoms with Crippen molar-refractivity contribution in [1.29, 1.82) is 0 Å². The lowest BCUT2D eigenvalue weighted by Gasteiger charge is -2.33. The van der Waals surface area contributed by atoms with Crippen LogP contribution in [0.5, 0.6) is 0 Å². The van der Waals surface area contributed by atoms with E-state index in [0.717, 1.165) is 18.7 Å². The van der Waals surface area contributed by atoms with Gasteiger partial charge in [-0.05, 0) is 18.6 Å². The zero-order valence-corrected chi connectivity index (χ0v) is 15.4. The predicted molar refractivity (Wildman–Crippen MR) is 95.0 cm³/mol. The number of ether oxygens (including phenoxy) is 1. The average molecular weight is 377 g/mol. The van der Waals surface area contributed by atoms with Crippen molar-refractivity contribution in [2.24, 2.45) is 0 Å². The van der Waals surface area contributed by atoms with E-state index in [9.17, 15) is 8.42 Å². The van der Waals surface area contributed by atoms with Crippen LogP contribution in [0.4, 0.5) is 0 Å². The molecule has 26 heavy (non-hydrogen) atoms. The first-order chi connectivity index (χ1) is 12.6. The van der Waals surface area contributed by atoms with E-state index in [4.69, 9.17) is 4.74 Å². The van der Waals surface area contributed by atoms with Crippen molar-refractivity contribution in [1.82, 2.24) is 24.0 Å². The minimum Gasteiger partial charge on any atom is -0.379 e. The molecule has 9 heteroatoms. The molecule has 2 fully saturated rings. The maximum absolute atomic E-state index is 12.9. The third kappa shape index (κ3) is 3.66. The Labute approximate surface area is 153 Å². The molecule has 4 heterocycles. The maximum atomic E-state index is 12.9. The van der Waals surface area contributed by atoms with Gasteiger partial charge in [0.25, 0.3) is 0 Å². The van der Waals surface area contributed by atoms with Gasteiger partial charge in [-0.25, -0.2) is 8.42 Å². The molecule has 8 nitrogen and oxygen atoms in total. The fraction of sp³-hybridized carbons (Fsp3) is 0.529. The molecule has 4 rings (SSSR count). The molecule has 1 atom stereocenters. The van der Waals surface area contributed by atoms with Crippen LogP contribution in [0.3, 0.4) is 0 Å². The topological polar surface area (TPSA) is 80.6 Å². The Balaban J connectivity index is 1.38. The highest BCUT2D eigenvalue weighted by atomic mass is 32.2. The van der Waals surface area contributed by atoms with Gasteiger partial charge in [0.2, 0.25) is 10.0 Å². The van der Waals surface area contributed by atoms with E-state index < -0.39 is 10.0 Å². The van der Waals surface area contributed by atoms with Gasteiger partial charge in [-0.1, -0.05) is 6.07 Å². The highest BCUT2D eigenvalue weighted by Gasteiger charge is 2.30. The van der Waals surface area contributed by atoms with Crippen molar-refractivity contribution in [2.75, 3.05) is 39.4 Å². The van der Waals surface area contributed by atoms with Gasteiger partial charge in [0.15, 0.2) is 0 Å². The molecule has 0 aromatic carbocycles. The van der Waals surface area contributed by atoms with Gasteiger partial charge < -0.3 is 4.74 Å². The highest BCUT2D eigenvalue weighted by Crippen LogP contribution is 2.22. The van der Waals surface area contributed by atoms with E-state index in [-0.39, 0.29) is 10.9 Å². The Morgan fingerprint density at radius 3 is 2.73 bits per heavy atom. The molecule has 0 spiro atoms. The van der Waals surface area contributed by atoms with E-state index in [0.29, 0.717) is 39.4 Å². The smallest absolute Gasteiger partial charge is 0.246 e. The molecule has 0 radical (unpaired) electrons. The first-order valence-electron chi connectivity index (χ1n) is 8.87. The number of sulfonamides is 1. The van der Waals surface area contributed by atoms with Crippen LogP contribution in [0.2, 0.25) is 0 Å². The fourth-order valence-electron chi connectivity index (χ4n) is 3.38. The van der Waals surface area contributed by atoms with Crippen molar-refractivity contribution >= 4 is 10.0 Å². The van der Waals surface area contributed by atoms with E-state index >= 15 is 0 Å². The molecule has 0 amide bonds. The second-order valence-corrected chi connectivity index (χ2v) is 8.61. The molecule has 2 aliphatic rings. The van der Waals surface area contributed by atoms with Gasteiger partial charge in [-0.3, -0.25) is 14.6 Å². The van der Waals surface area contributed by atoms with Crippen molar-refractivity contribution in [3.8, 4) is 0 Å². The summed E-state index contributed by atoms with van der Waals surface area (Å²) in [6, 6.07) is 5.99. The van der Waals surface area contributed by atoms with Gasteiger partial charge >= 0.3 is 0 Å². The second-order valence-electron chi connectivity index (χ2n) is 6.67. The van der Waals surface area contributed by atoms with Crippen LogP contribution in [-0.4, -0.2) is 71.8 Å². The summed E-state index contributed by atoms with van der Waals surface area (Å²) in [4.78, 5) is 6.83. The zero-order valence-electron chi connectivity index (χ0n) is 14.6. The molecule has 140 valence electrons. The van der Waals surface area contributed by atoms with Gasteiger partial charge in [-0.2, -0.15) is 9.40 Å². The lowest BCUT2D eigenvalue weighted by atomic mass is 10.3. The fourth-order valence-corrected chi connectivity index (χ4v) is 4.75. The summed E-state index contributed by atoms with van der Waals surface area (Å²) < 4.78 is 34.4. The van der Waals surface area contributed by atoms with Gasteiger partial charge in [0.1, 0.15) is 4.90 Å². The maximum Gasteiger partial charge on any atom is 0.246 e. The minimum atomic E-state index is -3.50. The third-order valence-electron chi connectivity index (χ3n) is 4.94. The van der Waals surface area contributed by atoms with E-state index in [1.807, 2.05) is 18.2 Å². The average Bonchev–Trinajstić information content (AvgIpc) is 3.35. The molecule has 2 saturated heterocycles. The Hall–Kier alpha value is -1.81. The first kappa shape index (κ1) is 17.6. The summed E-state index contributed by atoms with van der Waals surface area (Å²) in [5.74, 6) is 0. The quantitative estimate of drug-likeness (QED) is 0.765. The molecule has 2 aliphatic heterocycles. The number of hydrogen-bond donors (Lipinski definition) is 0. The van der Waals surface area contributed by atoms with Crippen LogP contribution in [0, 0.1) is 0 Å². The number of piperazine rings is 1. The Morgan fingerprint density at radius 1 is 1.19 bits per heavy atom. The Morgan fingerprint density at radius 2 is 2.04 bits per heavy atom. The van der Waals surface area contributed by atoms with Crippen LogP contribution in [0.25, 0.3) is 0 Å². The largest absolute Gasteiger partial charge is 0.379 e. The van der Waals surface area contributed by atoms with Crippen molar-refractivity contribution in [3.63, 3.8) is 0 Å². The van der Waals surface area contributed by atoms with Crippen LogP contribution in [-0.2, 0) is 21.3 Å². The van der Waals surface area contributed by atoms with Crippen LogP contribution < -0.4 is 0 Å². The Bertz CT molecular complexity index is 825. The number of rotatable bonds is 5. The second kappa shape index (κ2) is 7.43.